The van der Waals surface area contributed by atoms with Crippen LogP contribution in [-0.4, -0.2) is 26.2 Å². The minimum atomic E-state index is -2.04. The van der Waals surface area contributed by atoms with Crippen LogP contribution in [-0.2, 0) is 11.3 Å². The normalized spacial score (nSPS) is 13.0. The predicted molar refractivity (Wildman–Crippen MR) is 87.2 cm³/mol. The van der Waals surface area contributed by atoms with Crippen LogP contribution < -0.4 is 0 Å². The van der Waals surface area contributed by atoms with Gasteiger partial charge in [-0.3, -0.25) is 4.21 Å². The Bertz CT molecular complexity index is 225. The highest BCUT2D eigenvalue weighted by molar-refractivity contribution is 7.76. The van der Waals surface area contributed by atoms with Crippen LogP contribution in [0.4, 0.5) is 0 Å². The van der Waals surface area contributed by atoms with Gasteiger partial charge in [0.25, 0.3) is 0 Å². The van der Waals surface area contributed by atoms with E-state index in [9.17, 15) is 8.76 Å². The number of unbranched alkanes of at least 4 members (excludes halogenated alkanes) is 10. The molecule has 0 aliphatic rings. The van der Waals surface area contributed by atoms with Crippen LogP contribution in [0.3, 0.4) is 0 Å². The van der Waals surface area contributed by atoms with Crippen LogP contribution >= 0.6 is 0 Å². The van der Waals surface area contributed by atoms with Gasteiger partial charge in [-0.25, -0.2) is 4.31 Å². The Kier molecular flexibility index (Phi) is 15.5. The lowest BCUT2D eigenvalue weighted by Crippen LogP contribution is -2.28. The molecule has 0 saturated carbocycles. The van der Waals surface area contributed by atoms with Crippen molar-refractivity contribution in [3.63, 3.8) is 0 Å². The van der Waals surface area contributed by atoms with Gasteiger partial charge >= 0.3 is 0 Å². The van der Waals surface area contributed by atoms with E-state index < -0.39 is 11.3 Å². The van der Waals surface area contributed by atoms with Gasteiger partial charge in [0.1, 0.15) is 0 Å². The summed E-state index contributed by atoms with van der Waals surface area (Å²) in [6.45, 7) is 5.72. The van der Waals surface area contributed by atoms with Crippen molar-refractivity contribution in [2.24, 2.45) is 0 Å². The molecule has 3 nitrogen and oxygen atoms in total. The fourth-order valence-electron chi connectivity index (χ4n) is 2.37. The fraction of sp³-hybridized carbons (Fsp3) is 1.00. The molecular weight excluding hydrogens is 270 g/mol. The van der Waals surface area contributed by atoms with Gasteiger partial charge in [-0.2, -0.15) is 0 Å². The molecule has 0 fully saturated rings. The molecule has 0 aliphatic heterocycles. The summed E-state index contributed by atoms with van der Waals surface area (Å²) in [5, 5.41) is 0. The number of hydrogen-bond donors (Lipinski definition) is 0. The summed E-state index contributed by atoms with van der Waals surface area (Å²) in [6, 6.07) is 0. The molecular formula is C16H34NO2S-. The maximum absolute atomic E-state index is 11.0. The molecule has 1 atom stereocenters. The van der Waals surface area contributed by atoms with Crippen molar-refractivity contribution in [2.45, 2.75) is 90.9 Å². The van der Waals surface area contributed by atoms with E-state index in [0.29, 0.717) is 13.1 Å². The summed E-state index contributed by atoms with van der Waals surface area (Å²) in [5.74, 6) is 0. The SMILES string of the molecule is CCCCCCCCCCCCN(CCCC)S(=O)[O-]. The molecule has 1 unspecified atom stereocenters. The van der Waals surface area contributed by atoms with E-state index in [0.717, 1.165) is 25.7 Å². The van der Waals surface area contributed by atoms with E-state index >= 15 is 0 Å². The monoisotopic (exact) mass is 304 g/mol. The Labute approximate surface area is 128 Å². The molecule has 0 rings (SSSR count). The highest BCUT2D eigenvalue weighted by Crippen LogP contribution is 2.11. The van der Waals surface area contributed by atoms with Gasteiger partial charge in [0, 0.05) is 24.4 Å². The molecule has 0 saturated heterocycles. The largest absolute Gasteiger partial charge is 0.760 e. The van der Waals surface area contributed by atoms with E-state index in [1.165, 1.54) is 51.4 Å². The summed E-state index contributed by atoms with van der Waals surface area (Å²) >= 11 is -2.04. The second-order valence-corrected chi connectivity index (χ2v) is 6.63. The van der Waals surface area contributed by atoms with Crippen molar-refractivity contribution in [2.75, 3.05) is 13.1 Å². The molecule has 0 spiro atoms. The zero-order valence-corrected chi connectivity index (χ0v) is 14.4. The molecule has 0 aromatic carbocycles. The molecule has 0 heterocycles. The van der Waals surface area contributed by atoms with Gasteiger partial charge in [0.2, 0.25) is 0 Å². The molecule has 0 N–H and O–H groups in total. The molecule has 122 valence electrons. The summed E-state index contributed by atoms with van der Waals surface area (Å²) in [5.41, 5.74) is 0. The standard InChI is InChI=1S/C16H35NO2S/c1-3-5-7-8-9-10-11-12-13-14-16-17(20(18)19)15-6-4-2/h3-16H2,1-2H3,(H,18,19)/p-1. The van der Waals surface area contributed by atoms with Crippen molar-refractivity contribution < 1.29 is 8.76 Å². The Morgan fingerprint density at radius 1 is 0.700 bits per heavy atom. The van der Waals surface area contributed by atoms with E-state index in [-0.39, 0.29) is 0 Å². The van der Waals surface area contributed by atoms with Gasteiger partial charge in [-0.05, 0) is 12.8 Å². The van der Waals surface area contributed by atoms with Gasteiger partial charge in [0.05, 0.1) is 0 Å². The zero-order chi connectivity index (χ0) is 15.1. The maximum Gasteiger partial charge on any atom is 0.0209 e. The average molecular weight is 305 g/mol. The Morgan fingerprint density at radius 3 is 1.55 bits per heavy atom. The van der Waals surface area contributed by atoms with Gasteiger partial charge in [0.15, 0.2) is 0 Å². The minimum Gasteiger partial charge on any atom is -0.760 e. The van der Waals surface area contributed by atoms with E-state index in [1.54, 1.807) is 4.31 Å². The summed E-state index contributed by atoms with van der Waals surface area (Å²) < 4.78 is 23.6. The lowest BCUT2D eigenvalue weighted by Gasteiger charge is -2.23. The van der Waals surface area contributed by atoms with E-state index in [1.807, 2.05) is 0 Å². The average Bonchev–Trinajstić information content (AvgIpc) is 2.43. The molecule has 20 heavy (non-hydrogen) atoms. The van der Waals surface area contributed by atoms with Crippen LogP contribution in [0.1, 0.15) is 90.9 Å². The second-order valence-electron chi connectivity index (χ2n) is 5.68. The first-order valence-electron chi connectivity index (χ1n) is 8.56. The molecule has 0 amide bonds. The van der Waals surface area contributed by atoms with Crippen molar-refractivity contribution in [1.82, 2.24) is 4.31 Å². The Morgan fingerprint density at radius 2 is 1.10 bits per heavy atom. The fourth-order valence-corrected chi connectivity index (χ4v) is 2.93. The highest BCUT2D eigenvalue weighted by Gasteiger charge is 2.03. The summed E-state index contributed by atoms with van der Waals surface area (Å²) in [7, 11) is 0. The van der Waals surface area contributed by atoms with Crippen LogP contribution in [0, 0.1) is 0 Å². The lowest BCUT2D eigenvalue weighted by molar-refractivity contribution is 0.370. The molecule has 0 bridgehead atoms. The van der Waals surface area contributed by atoms with E-state index in [2.05, 4.69) is 13.8 Å². The Hall–Kier alpha value is 0.0700. The van der Waals surface area contributed by atoms with Crippen LogP contribution in [0.2, 0.25) is 0 Å². The van der Waals surface area contributed by atoms with Gasteiger partial charge < -0.3 is 4.55 Å². The quantitative estimate of drug-likeness (QED) is 0.322. The van der Waals surface area contributed by atoms with Crippen LogP contribution in [0.25, 0.3) is 0 Å². The number of hydrogen-bond acceptors (Lipinski definition) is 2. The number of nitrogens with zero attached hydrogens (tertiary/aromatic N) is 1. The van der Waals surface area contributed by atoms with Crippen molar-refractivity contribution in [3.05, 3.63) is 0 Å². The third-order valence-electron chi connectivity index (χ3n) is 3.73. The first kappa shape index (κ1) is 20.1. The lowest BCUT2D eigenvalue weighted by atomic mass is 10.1. The molecule has 0 aromatic rings. The van der Waals surface area contributed by atoms with Gasteiger partial charge in [-0.15, -0.1) is 0 Å². The van der Waals surface area contributed by atoms with Crippen molar-refractivity contribution >= 4 is 11.3 Å². The topological polar surface area (TPSA) is 43.4 Å². The molecule has 0 aromatic heterocycles. The smallest absolute Gasteiger partial charge is 0.0209 e. The van der Waals surface area contributed by atoms with Crippen LogP contribution in [0.15, 0.2) is 0 Å². The maximum atomic E-state index is 11.0. The second kappa shape index (κ2) is 15.5. The predicted octanol–water partition coefficient (Wildman–Crippen LogP) is 4.80. The van der Waals surface area contributed by atoms with Crippen molar-refractivity contribution in [1.29, 1.82) is 0 Å². The summed E-state index contributed by atoms with van der Waals surface area (Å²) in [4.78, 5) is 0. The zero-order valence-electron chi connectivity index (χ0n) is 13.6. The van der Waals surface area contributed by atoms with Gasteiger partial charge in [-0.1, -0.05) is 78.1 Å². The molecule has 0 radical (unpaired) electrons. The first-order chi connectivity index (χ1) is 9.72. The molecule has 0 aliphatic carbocycles. The third-order valence-corrected chi connectivity index (χ3v) is 4.52. The minimum absolute atomic E-state index is 0.685. The summed E-state index contributed by atoms with van der Waals surface area (Å²) in [6.07, 6.45) is 14.9. The molecule has 4 heteroatoms. The van der Waals surface area contributed by atoms with E-state index in [4.69, 9.17) is 0 Å². The Balaban J connectivity index is 3.34. The highest BCUT2D eigenvalue weighted by atomic mass is 32.2. The first-order valence-corrected chi connectivity index (χ1v) is 9.59. The van der Waals surface area contributed by atoms with Crippen molar-refractivity contribution in [3.8, 4) is 0 Å². The number of rotatable bonds is 15. The van der Waals surface area contributed by atoms with Crippen LogP contribution in [0.5, 0.6) is 0 Å². The third kappa shape index (κ3) is 13.1.